The summed E-state index contributed by atoms with van der Waals surface area (Å²) in [6.45, 7) is 2.06. The van der Waals surface area contributed by atoms with Gasteiger partial charge in [0.1, 0.15) is 5.82 Å². The summed E-state index contributed by atoms with van der Waals surface area (Å²) in [6, 6.07) is 10.4. The van der Waals surface area contributed by atoms with E-state index >= 15 is 0 Å². The molecule has 2 aromatic carbocycles. The van der Waals surface area contributed by atoms with Gasteiger partial charge in [-0.2, -0.15) is 0 Å². The van der Waals surface area contributed by atoms with E-state index in [1.165, 1.54) is 12.1 Å². The molecule has 1 atom stereocenters. The van der Waals surface area contributed by atoms with Gasteiger partial charge < -0.3 is 5.32 Å². The molecule has 0 spiro atoms. The van der Waals surface area contributed by atoms with Gasteiger partial charge in [-0.05, 0) is 52.2 Å². The Morgan fingerprint density at radius 1 is 1.25 bits per heavy atom. The summed E-state index contributed by atoms with van der Waals surface area (Å²) in [5, 5.41) is 4.36. The van der Waals surface area contributed by atoms with Crippen molar-refractivity contribution in [2.75, 3.05) is 5.32 Å². The van der Waals surface area contributed by atoms with Crippen molar-refractivity contribution in [1.82, 2.24) is 0 Å². The second-order valence-corrected chi connectivity index (χ2v) is 6.10. The SMILES string of the molecule is CCC(Nc1c(Cl)cc(F)cc1Br)c1cccc(Cl)c1. The molecule has 0 saturated carbocycles. The molecule has 106 valence electrons. The Morgan fingerprint density at radius 2 is 2.00 bits per heavy atom. The molecule has 1 nitrogen and oxygen atoms in total. The molecule has 0 radical (unpaired) electrons. The van der Waals surface area contributed by atoms with Gasteiger partial charge in [0.05, 0.1) is 16.8 Å². The summed E-state index contributed by atoms with van der Waals surface area (Å²) in [5.74, 6) is -0.372. The van der Waals surface area contributed by atoms with Crippen molar-refractivity contribution in [3.8, 4) is 0 Å². The number of rotatable bonds is 4. The van der Waals surface area contributed by atoms with Crippen LogP contribution in [0.25, 0.3) is 0 Å². The average molecular weight is 377 g/mol. The molecular weight excluding hydrogens is 364 g/mol. The molecule has 0 aliphatic heterocycles. The largest absolute Gasteiger partial charge is 0.376 e. The molecule has 1 unspecified atom stereocenters. The minimum Gasteiger partial charge on any atom is -0.376 e. The lowest BCUT2D eigenvalue weighted by atomic mass is 10.0. The van der Waals surface area contributed by atoms with E-state index in [9.17, 15) is 4.39 Å². The number of nitrogens with one attached hydrogen (secondary N) is 1. The summed E-state index contributed by atoms with van der Waals surface area (Å²) >= 11 is 15.4. The number of halogens is 4. The van der Waals surface area contributed by atoms with Crippen molar-refractivity contribution in [3.05, 3.63) is 62.3 Å². The molecule has 0 aliphatic carbocycles. The molecule has 0 heterocycles. The van der Waals surface area contributed by atoms with Crippen LogP contribution in [0.1, 0.15) is 24.9 Å². The standard InChI is InChI=1S/C15H13BrCl2FN/c1-2-14(9-4-3-5-10(17)6-9)20-15-12(16)7-11(19)8-13(15)18/h3-8,14,20H,2H2,1H3. The Labute approximate surface area is 136 Å². The molecule has 0 aliphatic rings. The smallest absolute Gasteiger partial charge is 0.125 e. The van der Waals surface area contributed by atoms with Crippen LogP contribution in [-0.2, 0) is 0 Å². The maximum absolute atomic E-state index is 13.2. The molecule has 5 heteroatoms. The van der Waals surface area contributed by atoms with Crippen LogP contribution in [0.15, 0.2) is 40.9 Å². The zero-order valence-electron chi connectivity index (χ0n) is 10.8. The van der Waals surface area contributed by atoms with Gasteiger partial charge in [0.2, 0.25) is 0 Å². The average Bonchev–Trinajstić information content (AvgIpc) is 2.38. The zero-order valence-corrected chi connectivity index (χ0v) is 13.9. The highest BCUT2D eigenvalue weighted by molar-refractivity contribution is 9.10. The summed E-state index contributed by atoms with van der Waals surface area (Å²) in [7, 11) is 0. The Balaban J connectivity index is 2.32. The molecule has 2 rings (SSSR count). The maximum Gasteiger partial charge on any atom is 0.125 e. The number of hydrogen-bond donors (Lipinski definition) is 1. The van der Waals surface area contributed by atoms with Gasteiger partial charge in [-0.1, -0.05) is 42.3 Å². The lowest BCUT2D eigenvalue weighted by Crippen LogP contribution is -2.10. The molecule has 0 amide bonds. The third kappa shape index (κ3) is 3.66. The van der Waals surface area contributed by atoms with Gasteiger partial charge in [-0.3, -0.25) is 0 Å². The zero-order chi connectivity index (χ0) is 14.7. The molecule has 1 N–H and O–H groups in total. The molecule has 0 bridgehead atoms. The number of benzene rings is 2. The van der Waals surface area contributed by atoms with E-state index in [2.05, 4.69) is 28.2 Å². The first-order chi connectivity index (χ1) is 9.51. The van der Waals surface area contributed by atoms with E-state index in [1.54, 1.807) is 0 Å². The van der Waals surface area contributed by atoms with Crippen molar-refractivity contribution in [2.45, 2.75) is 19.4 Å². The fourth-order valence-electron chi connectivity index (χ4n) is 2.00. The second kappa shape index (κ2) is 6.79. The molecule has 0 saturated heterocycles. The van der Waals surface area contributed by atoms with E-state index in [0.717, 1.165) is 12.0 Å². The van der Waals surface area contributed by atoms with Crippen molar-refractivity contribution < 1.29 is 4.39 Å². The van der Waals surface area contributed by atoms with Crippen LogP contribution in [0.2, 0.25) is 10.0 Å². The van der Waals surface area contributed by atoms with Gasteiger partial charge in [0, 0.05) is 9.50 Å². The van der Waals surface area contributed by atoms with Gasteiger partial charge in [-0.25, -0.2) is 4.39 Å². The molecule has 0 aromatic heterocycles. The monoisotopic (exact) mass is 375 g/mol. The Bertz CT molecular complexity index is 596. The first-order valence-corrected chi connectivity index (χ1v) is 7.72. The Kier molecular flexibility index (Phi) is 5.30. The fraction of sp³-hybridized carbons (Fsp3) is 0.200. The minimum absolute atomic E-state index is 0.0490. The van der Waals surface area contributed by atoms with Crippen LogP contribution >= 0.6 is 39.1 Å². The topological polar surface area (TPSA) is 12.0 Å². The first kappa shape index (κ1) is 15.6. The first-order valence-electron chi connectivity index (χ1n) is 6.17. The van der Waals surface area contributed by atoms with Gasteiger partial charge >= 0.3 is 0 Å². The molecule has 2 aromatic rings. The van der Waals surface area contributed by atoms with Crippen LogP contribution in [0.4, 0.5) is 10.1 Å². The quantitative estimate of drug-likeness (QED) is 0.645. The van der Waals surface area contributed by atoms with Crippen LogP contribution in [0.5, 0.6) is 0 Å². The lowest BCUT2D eigenvalue weighted by molar-refractivity contribution is 0.627. The Hall–Kier alpha value is -0.770. The Morgan fingerprint density at radius 3 is 2.60 bits per heavy atom. The predicted octanol–water partition coefficient (Wildman–Crippen LogP) is 6.46. The number of hydrogen-bond acceptors (Lipinski definition) is 1. The van der Waals surface area contributed by atoms with E-state index in [4.69, 9.17) is 23.2 Å². The van der Waals surface area contributed by atoms with Gasteiger partial charge in [0.25, 0.3) is 0 Å². The summed E-state index contributed by atoms with van der Waals surface area (Å²) < 4.78 is 13.8. The van der Waals surface area contributed by atoms with Crippen LogP contribution in [-0.4, -0.2) is 0 Å². The summed E-state index contributed by atoms with van der Waals surface area (Å²) in [5.41, 5.74) is 1.74. The number of anilines is 1. The summed E-state index contributed by atoms with van der Waals surface area (Å²) in [4.78, 5) is 0. The minimum atomic E-state index is -0.372. The predicted molar refractivity (Wildman–Crippen MR) is 87.2 cm³/mol. The van der Waals surface area contributed by atoms with Crippen LogP contribution in [0.3, 0.4) is 0 Å². The van der Waals surface area contributed by atoms with Crippen LogP contribution < -0.4 is 5.32 Å². The van der Waals surface area contributed by atoms with Crippen molar-refractivity contribution >= 4 is 44.8 Å². The maximum atomic E-state index is 13.2. The fourth-order valence-corrected chi connectivity index (χ4v) is 3.12. The summed E-state index contributed by atoms with van der Waals surface area (Å²) in [6.07, 6.45) is 0.848. The van der Waals surface area contributed by atoms with E-state index in [-0.39, 0.29) is 11.9 Å². The molecule has 0 fully saturated rings. The highest BCUT2D eigenvalue weighted by Crippen LogP contribution is 2.35. The molecular formula is C15H13BrCl2FN. The lowest BCUT2D eigenvalue weighted by Gasteiger charge is -2.21. The van der Waals surface area contributed by atoms with Gasteiger partial charge in [-0.15, -0.1) is 0 Å². The van der Waals surface area contributed by atoms with Gasteiger partial charge in [0.15, 0.2) is 0 Å². The van der Waals surface area contributed by atoms with Crippen molar-refractivity contribution in [2.24, 2.45) is 0 Å². The van der Waals surface area contributed by atoms with E-state index in [1.807, 2.05) is 24.3 Å². The van der Waals surface area contributed by atoms with E-state index in [0.29, 0.717) is 20.2 Å². The highest BCUT2D eigenvalue weighted by atomic mass is 79.9. The van der Waals surface area contributed by atoms with Crippen molar-refractivity contribution in [1.29, 1.82) is 0 Å². The van der Waals surface area contributed by atoms with Crippen molar-refractivity contribution in [3.63, 3.8) is 0 Å². The van der Waals surface area contributed by atoms with Crippen LogP contribution in [0, 0.1) is 5.82 Å². The highest BCUT2D eigenvalue weighted by Gasteiger charge is 2.14. The third-order valence-electron chi connectivity index (χ3n) is 2.98. The second-order valence-electron chi connectivity index (χ2n) is 4.40. The van der Waals surface area contributed by atoms with E-state index < -0.39 is 0 Å². The normalized spacial score (nSPS) is 12.2. The third-order valence-corrected chi connectivity index (χ3v) is 4.14. The molecule has 20 heavy (non-hydrogen) atoms.